The first-order valence-corrected chi connectivity index (χ1v) is 10.6. The van der Waals surface area contributed by atoms with Gasteiger partial charge in [0.15, 0.2) is 0 Å². The van der Waals surface area contributed by atoms with E-state index in [1.165, 1.54) is 23.2 Å². The molecule has 32 heavy (non-hydrogen) atoms. The molecular weight excluding hydrogens is 435 g/mol. The number of aryl methyl sites for hydroxylation is 1. The van der Waals surface area contributed by atoms with E-state index in [1.54, 1.807) is 38.4 Å². The number of hydrogen-bond donors (Lipinski definition) is 1. The summed E-state index contributed by atoms with van der Waals surface area (Å²) in [5.74, 6) is -0.863. The maximum Gasteiger partial charge on any atom is 0.253 e. The van der Waals surface area contributed by atoms with Gasteiger partial charge < -0.3 is 19.7 Å². The summed E-state index contributed by atoms with van der Waals surface area (Å²) in [6.45, 7) is 2.82. The number of rotatable bonds is 8. The Morgan fingerprint density at radius 3 is 2.66 bits per heavy atom. The normalized spacial score (nSPS) is 16.0. The van der Waals surface area contributed by atoms with Crippen LogP contribution < -0.4 is 10.1 Å². The van der Waals surface area contributed by atoms with Crippen LogP contribution in [0.25, 0.3) is 0 Å². The Balaban J connectivity index is 1.84. The highest BCUT2D eigenvalue weighted by molar-refractivity contribution is 6.32. The SMILES string of the molecule is COCCCOc1cc(NC(=O)C2=CN(C)C(=O)CC2c2ccc(F)cc2)c(C)cc1Cl. The molecule has 0 aliphatic carbocycles. The summed E-state index contributed by atoms with van der Waals surface area (Å²) < 4.78 is 24.1. The molecule has 1 N–H and O–H groups in total. The number of ether oxygens (including phenoxy) is 2. The smallest absolute Gasteiger partial charge is 0.253 e. The quantitative estimate of drug-likeness (QED) is 0.581. The molecule has 0 aromatic heterocycles. The molecule has 0 saturated heterocycles. The van der Waals surface area contributed by atoms with Crippen LogP contribution in [0.2, 0.25) is 5.02 Å². The van der Waals surface area contributed by atoms with E-state index in [2.05, 4.69) is 5.32 Å². The number of nitrogens with zero attached hydrogens (tertiary/aromatic N) is 1. The molecule has 1 atom stereocenters. The van der Waals surface area contributed by atoms with Gasteiger partial charge in [-0.1, -0.05) is 23.7 Å². The maximum atomic E-state index is 13.4. The van der Waals surface area contributed by atoms with Gasteiger partial charge in [-0.3, -0.25) is 9.59 Å². The largest absolute Gasteiger partial charge is 0.492 e. The third-order valence-electron chi connectivity index (χ3n) is 5.29. The van der Waals surface area contributed by atoms with Gasteiger partial charge in [-0.25, -0.2) is 4.39 Å². The maximum absolute atomic E-state index is 13.4. The molecule has 0 bridgehead atoms. The molecule has 170 valence electrons. The van der Waals surface area contributed by atoms with E-state index < -0.39 is 5.92 Å². The predicted octanol–water partition coefficient (Wildman–Crippen LogP) is 4.67. The molecule has 0 spiro atoms. The number of amides is 2. The standard InChI is InChI=1S/C24H26ClFN2O4/c1-15-11-20(25)22(32-10-4-9-31-3)13-21(15)27-24(30)19-14-28(2)23(29)12-18(19)16-5-7-17(26)8-6-16/h5-8,11,13-14,18H,4,9-10,12H2,1-3H3,(H,27,30). The number of carbonyl (C=O) groups excluding carboxylic acids is 2. The van der Waals surface area contributed by atoms with Crippen molar-refractivity contribution in [2.24, 2.45) is 0 Å². The number of methoxy groups -OCH3 is 1. The third-order valence-corrected chi connectivity index (χ3v) is 5.59. The van der Waals surface area contributed by atoms with Gasteiger partial charge in [-0.2, -0.15) is 0 Å². The summed E-state index contributed by atoms with van der Waals surface area (Å²) in [6, 6.07) is 9.26. The van der Waals surface area contributed by atoms with Crippen LogP contribution in [0.15, 0.2) is 48.2 Å². The molecule has 1 heterocycles. The minimum absolute atomic E-state index is 0.120. The summed E-state index contributed by atoms with van der Waals surface area (Å²) >= 11 is 6.30. The highest BCUT2D eigenvalue weighted by atomic mass is 35.5. The number of benzene rings is 2. The fourth-order valence-corrected chi connectivity index (χ4v) is 3.76. The number of anilines is 1. The number of carbonyl (C=O) groups is 2. The van der Waals surface area contributed by atoms with Crippen LogP contribution in [-0.4, -0.2) is 44.1 Å². The summed E-state index contributed by atoms with van der Waals surface area (Å²) in [7, 11) is 3.23. The van der Waals surface area contributed by atoms with Crippen LogP contribution in [0.3, 0.4) is 0 Å². The number of hydrogen-bond acceptors (Lipinski definition) is 4. The summed E-state index contributed by atoms with van der Waals surface area (Å²) in [6.07, 6.45) is 2.35. The Hall–Kier alpha value is -2.90. The molecule has 2 aromatic carbocycles. The van der Waals surface area contributed by atoms with Crippen molar-refractivity contribution in [1.82, 2.24) is 4.90 Å². The average Bonchev–Trinajstić information content (AvgIpc) is 2.76. The first-order chi connectivity index (χ1) is 15.3. The van der Waals surface area contributed by atoms with Gasteiger partial charge in [0.1, 0.15) is 11.6 Å². The van der Waals surface area contributed by atoms with Crippen molar-refractivity contribution in [2.75, 3.05) is 32.7 Å². The fraction of sp³-hybridized carbons (Fsp3) is 0.333. The van der Waals surface area contributed by atoms with Gasteiger partial charge in [0.25, 0.3) is 5.91 Å². The number of nitrogens with one attached hydrogen (secondary N) is 1. The highest BCUT2D eigenvalue weighted by Gasteiger charge is 2.31. The molecule has 0 fully saturated rings. The second-order valence-corrected chi connectivity index (χ2v) is 8.05. The van der Waals surface area contributed by atoms with Crippen LogP contribution >= 0.6 is 11.6 Å². The van der Waals surface area contributed by atoms with Crippen LogP contribution in [0.1, 0.15) is 29.9 Å². The van der Waals surface area contributed by atoms with Crippen LogP contribution in [0.4, 0.5) is 10.1 Å². The van der Waals surface area contributed by atoms with E-state index in [0.29, 0.717) is 47.2 Å². The monoisotopic (exact) mass is 460 g/mol. The van der Waals surface area contributed by atoms with Crippen LogP contribution in [-0.2, 0) is 14.3 Å². The molecule has 0 radical (unpaired) electrons. The van der Waals surface area contributed by atoms with E-state index in [-0.39, 0.29) is 24.1 Å². The van der Waals surface area contributed by atoms with Gasteiger partial charge in [-0.05, 0) is 36.2 Å². The van der Waals surface area contributed by atoms with Gasteiger partial charge in [0.2, 0.25) is 5.91 Å². The Morgan fingerprint density at radius 1 is 1.25 bits per heavy atom. The Bertz CT molecular complexity index is 1020. The van der Waals surface area contributed by atoms with Crippen molar-refractivity contribution in [1.29, 1.82) is 0 Å². The Labute approximate surface area is 192 Å². The van der Waals surface area contributed by atoms with E-state index in [1.807, 2.05) is 6.92 Å². The number of halogens is 2. The van der Waals surface area contributed by atoms with E-state index in [0.717, 1.165) is 5.56 Å². The molecule has 0 saturated carbocycles. The molecule has 2 aromatic rings. The first kappa shape index (κ1) is 23.8. The zero-order chi connectivity index (χ0) is 23.3. The molecule has 3 rings (SSSR count). The van der Waals surface area contributed by atoms with Crippen molar-refractivity contribution >= 4 is 29.1 Å². The summed E-state index contributed by atoms with van der Waals surface area (Å²) in [5, 5.41) is 3.36. The van der Waals surface area contributed by atoms with Gasteiger partial charge >= 0.3 is 0 Å². The van der Waals surface area contributed by atoms with Gasteiger partial charge in [0.05, 0.1) is 11.6 Å². The highest BCUT2D eigenvalue weighted by Crippen LogP contribution is 2.35. The topological polar surface area (TPSA) is 67.9 Å². The molecular formula is C24H26ClFN2O4. The van der Waals surface area contributed by atoms with Crippen molar-refractivity contribution in [3.05, 3.63) is 70.1 Å². The Morgan fingerprint density at radius 2 is 1.97 bits per heavy atom. The molecule has 8 heteroatoms. The minimum atomic E-state index is -0.475. The van der Waals surface area contributed by atoms with Gasteiger partial charge in [-0.15, -0.1) is 0 Å². The molecule has 1 aliphatic rings. The molecule has 1 unspecified atom stereocenters. The zero-order valence-corrected chi connectivity index (χ0v) is 19.0. The summed E-state index contributed by atoms with van der Waals surface area (Å²) in [5.41, 5.74) is 2.44. The Kier molecular flexibility index (Phi) is 7.88. The fourth-order valence-electron chi connectivity index (χ4n) is 3.49. The lowest BCUT2D eigenvalue weighted by Gasteiger charge is -2.28. The third kappa shape index (κ3) is 5.66. The molecule has 6 nitrogen and oxygen atoms in total. The van der Waals surface area contributed by atoms with Crippen molar-refractivity contribution in [3.8, 4) is 5.75 Å². The van der Waals surface area contributed by atoms with E-state index >= 15 is 0 Å². The lowest BCUT2D eigenvalue weighted by atomic mass is 9.85. The van der Waals surface area contributed by atoms with E-state index in [9.17, 15) is 14.0 Å². The van der Waals surface area contributed by atoms with Crippen LogP contribution in [0, 0.1) is 12.7 Å². The molecule has 2 amide bonds. The minimum Gasteiger partial charge on any atom is -0.492 e. The predicted molar refractivity (Wildman–Crippen MR) is 121 cm³/mol. The lowest BCUT2D eigenvalue weighted by Crippen LogP contribution is -2.33. The van der Waals surface area contributed by atoms with Crippen LogP contribution in [0.5, 0.6) is 5.75 Å². The lowest BCUT2D eigenvalue weighted by molar-refractivity contribution is -0.128. The van der Waals surface area contributed by atoms with Gasteiger partial charge in [0, 0.05) is 63.1 Å². The first-order valence-electron chi connectivity index (χ1n) is 10.3. The van der Waals surface area contributed by atoms with E-state index in [4.69, 9.17) is 21.1 Å². The average molecular weight is 461 g/mol. The summed E-state index contributed by atoms with van der Waals surface area (Å²) in [4.78, 5) is 26.9. The van der Waals surface area contributed by atoms with Crippen molar-refractivity contribution in [3.63, 3.8) is 0 Å². The molecule has 1 aliphatic heterocycles. The van der Waals surface area contributed by atoms with Crippen molar-refractivity contribution < 1.29 is 23.5 Å². The second kappa shape index (κ2) is 10.6. The zero-order valence-electron chi connectivity index (χ0n) is 18.3. The second-order valence-electron chi connectivity index (χ2n) is 7.64. The van der Waals surface area contributed by atoms with Crippen molar-refractivity contribution in [2.45, 2.75) is 25.7 Å².